The molecule has 1 saturated heterocycles. The van der Waals surface area contributed by atoms with Crippen LogP contribution in [0.15, 0.2) is 112 Å². The zero-order valence-corrected chi connectivity index (χ0v) is 31.4. The molecule has 0 atom stereocenters. The lowest BCUT2D eigenvalue weighted by atomic mass is 9.80. The number of hydroxylamine groups is 3. The Kier molecular flexibility index (Phi) is 12.8. The summed E-state index contributed by atoms with van der Waals surface area (Å²) in [7, 11) is -4.42. The van der Waals surface area contributed by atoms with Gasteiger partial charge in [-0.2, -0.15) is 8.42 Å². The predicted octanol–water partition coefficient (Wildman–Crippen LogP) is 6.12. The van der Waals surface area contributed by atoms with Gasteiger partial charge in [0.05, 0.1) is 16.3 Å². The van der Waals surface area contributed by atoms with Gasteiger partial charge in [-0.15, -0.1) is 5.06 Å². The van der Waals surface area contributed by atoms with Crippen LogP contribution in [-0.4, -0.2) is 59.2 Å². The van der Waals surface area contributed by atoms with E-state index in [0.29, 0.717) is 36.6 Å². The van der Waals surface area contributed by atoms with Crippen molar-refractivity contribution in [1.82, 2.24) is 10.5 Å². The number of fused-ring (bicyclic) bond motifs is 1. The lowest BCUT2D eigenvalue weighted by Crippen LogP contribution is -2.32. The molecule has 0 radical (unpaired) electrons. The molecular formula is C39H46N4O9S. The molecule has 1 aromatic rings. The minimum absolute atomic E-state index is 0.0317. The Balaban J connectivity index is 1.44. The maximum absolute atomic E-state index is 12.2. The Morgan fingerprint density at radius 3 is 2.30 bits per heavy atom. The van der Waals surface area contributed by atoms with Crippen LogP contribution in [0.1, 0.15) is 78.7 Å². The minimum Gasteiger partial charge on any atom is -0.344 e. The van der Waals surface area contributed by atoms with E-state index in [1.807, 2.05) is 70.2 Å². The van der Waals surface area contributed by atoms with E-state index >= 15 is 0 Å². The van der Waals surface area contributed by atoms with E-state index in [0.717, 1.165) is 28.2 Å². The fourth-order valence-corrected chi connectivity index (χ4v) is 6.92. The number of allylic oxidation sites excluding steroid dienone is 10. The van der Waals surface area contributed by atoms with Crippen LogP contribution in [0.5, 0.6) is 0 Å². The Morgan fingerprint density at radius 1 is 1.00 bits per heavy atom. The molecule has 1 aromatic carbocycles. The molecule has 3 aliphatic rings. The number of amides is 3. The van der Waals surface area contributed by atoms with Crippen molar-refractivity contribution in [2.45, 2.75) is 83.5 Å². The summed E-state index contributed by atoms with van der Waals surface area (Å²) in [5.74, 6) is -2.31. The van der Waals surface area contributed by atoms with Crippen molar-refractivity contribution in [3.05, 3.63) is 108 Å². The van der Waals surface area contributed by atoms with Crippen LogP contribution >= 0.6 is 0 Å². The van der Waals surface area contributed by atoms with E-state index in [2.05, 4.69) is 16.5 Å². The van der Waals surface area contributed by atoms with Gasteiger partial charge < -0.3 is 9.74 Å². The van der Waals surface area contributed by atoms with Gasteiger partial charge in [-0.25, -0.2) is 10.3 Å². The lowest BCUT2D eigenvalue weighted by Gasteiger charge is -2.27. The van der Waals surface area contributed by atoms with Gasteiger partial charge >= 0.3 is 5.97 Å². The topological polar surface area (TPSA) is 183 Å². The molecule has 0 aliphatic carbocycles. The fraction of sp³-hybridized carbons (Fsp3) is 0.359. The van der Waals surface area contributed by atoms with Crippen molar-refractivity contribution >= 4 is 45.2 Å². The van der Waals surface area contributed by atoms with Gasteiger partial charge in [-0.1, -0.05) is 77.2 Å². The third kappa shape index (κ3) is 9.25. The van der Waals surface area contributed by atoms with Crippen LogP contribution in [0.3, 0.4) is 0 Å². The molecule has 0 spiro atoms. The molecule has 14 heteroatoms. The molecular weight excluding hydrogens is 701 g/mol. The van der Waals surface area contributed by atoms with E-state index in [1.54, 1.807) is 30.6 Å². The molecule has 282 valence electrons. The first-order valence-electron chi connectivity index (χ1n) is 17.2. The molecule has 1 fully saturated rings. The van der Waals surface area contributed by atoms with Crippen LogP contribution in [0.4, 0.5) is 5.69 Å². The summed E-state index contributed by atoms with van der Waals surface area (Å²) >= 11 is 0. The summed E-state index contributed by atoms with van der Waals surface area (Å²) < 4.78 is 33.7. The first-order valence-corrected chi connectivity index (χ1v) is 18.7. The van der Waals surface area contributed by atoms with Gasteiger partial charge in [-0.3, -0.25) is 29.1 Å². The number of benzene rings is 1. The van der Waals surface area contributed by atoms with E-state index in [-0.39, 0.29) is 29.7 Å². The molecule has 0 bridgehead atoms. The van der Waals surface area contributed by atoms with Crippen molar-refractivity contribution in [3.8, 4) is 0 Å². The number of carbonyl (C=O) groups excluding carboxylic acids is 4. The van der Waals surface area contributed by atoms with E-state index in [9.17, 15) is 32.1 Å². The first-order chi connectivity index (χ1) is 24.9. The molecule has 13 nitrogen and oxygen atoms in total. The summed E-state index contributed by atoms with van der Waals surface area (Å²) in [6, 6.07) is 4.55. The smallest absolute Gasteiger partial charge is 0.333 e. The van der Waals surface area contributed by atoms with E-state index in [4.69, 9.17) is 10.0 Å². The van der Waals surface area contributed by atoms with Crippen LogP contribution in [0.2, 0.25) is 0 Å². The molecule has 0 saturated carbocycles. The Labute approximate surface area is 310 Å². The van der Waals surface area contributed by atoms with Crippen molar-refractivity contribution < 1.29 is 42.2 Å². The first kappa shape index (κ1) is 40.6. The second-order valence-electron chi connectivity index (χ2n) is 13.8. The summed E-state index contributed by atoms with van der Waals surface area (Å²) in [4.78, 5) is 59.1. The second kappa shape index (κ2) is 16.7. The molecule has 3 amide bonds. The number of hydrogen-bond donors (Lipinski definition) is 3. The molecule has 4 rings (SSSR count). The third-order valence-corrected chi connectivity index (χ3v) is 10.3. The largest absolute Gasteiger partial charge is 0.344 e. The molecule has 3 N–H and O–H groups in total. The highest BCUT2D eigenvalue weighted by atomic mass is 32.2. The normalized spacial score (nSPS) is 20.2. The standard InChI is InChI=1S/C39H46N4O9S/c1-7-27(37(47)41-48)24-29-26(2)40-32(38(29,3)4)16-12-9-8-10-13-17-33-39(5,6)30-25-28(53(49,50)51)19-20-31(30)42(33)23-15-11-14-18-36(46)52-43-34(44)21-22-35(43)45/h7-10,12-13,16-17,19-20,24-25,48H,2,11,14-15,18,21-23H2,1,3-6H3,(H,41,47)(H,49,50,51)/b9-8+,13-10+,16-12+,27-7+,29-24+,33-17+. The second-order valence-corrected chi connectivity index (χ2v) is 15.2. The lowest BCUT2D eigenvalue weighted by molar-refractivity contribution is -0.197. The molecule has 0 unspecified atom stereocenters. The molecule has 3 aliphatic heterocycles. The maximum Gasteiger partial charge on any atom is 0.333 e. The molecule has 53 heavy (non-hydrogen) atoms. The van der Waals surface area contributed by atoms with Gasteiger partial charge in [-0.05, 0) is 67.3 Å². The monoisotopic (exact) mass is 746 g/mol. The van der Waals surface area contributed by atoms with Crippen LogP contribution in [-0.2, 0) is 39.5 Å². The Hall–Kier alpha value is -5.18. The number of imide groups is 1. The van der Waals surface area contributed by atoms with Gasteiger partial charge in [0.25, 0.3) is 27.8 Å². The zero-order valence-electron chi connectivity index (χ0n) is 30.6. The number of carbonyl (C=O) groups is 4. The summed E-state index contributed by atoms with van der Waals surface area (Å²) in [6.45, 7) is 14.2. The average Bonchev–Trinajstić information content (AvgIpc) is 3.61. The van der Waals surface area contributed by atoms with Gasteiger partial charge in [0, 0.05) is 53.6 Å². The highest BCUT2D eigenvalue weighted by molar-refractivity contribution is 7.85. The summed E-state index contributed by atoms with van der Waals surface area (Å²) in [5.41, 5.74) is 5.27. The number of nitrogens with one attached hydrogen (secondary N) is 1. The quantitative estimate of drug-likeness (QED) is 0.0381. The number of hydrogen-bond acceptors (Lipinski definition) is 10. The number of aliphatic imine (C=N–C) groups is 1. The van der Waals surface area contributed by atoms with Crippen molar-refractivity contribution in [2.24, 2.45) is 10.4 Å². The van der Waals surface area contributed by atoms with Crippen molar-refractivity contribution in [2.75, 3.05) is 11.4 Å². The van der Waals surface area contributed by atoms with Crippen molar-refractivity contribution in [3.63, 3.8) is 0 Å². The predicted molar refractivity (Wildman–Crippen MR) is 200 cm³/mol. The number of anilines is 1. The van der Waals surface area contributed by atoms with E-state index in [1.165, 1.54) is 12.1 Å². The summed E-state index contributed by atoms with van der Waals surface area (Å²) in [5, 5.41) is 9.59. The summed E-state index contributed by atoms with van der Waals surface area (Å²) in [6.07, 6.45) is 18.3. The minimum atomic E-state index is -4.42. The van der Waals surface area contributed by atoms with Gasteiger partial charge in [0.1, 0.15) is 0 Å². The molecule has 0 aromatic heterocycles. The van der Waals surface area contributed by atoms with Crippen LogP contribution in [0, 0.1) is 5.41 Å². The highest BCUT2D eigenvalue weighted by Crippen LogP contribution is 2.48. The fourth-order valence-electron chi connectivity index (χ4n) is 6.42. The SMILES string of the molecule is C=C1N=C(/C=C/C=C/C=C/C=C2/N(CCCCCC(=O)ON3C(=O)CCC3=O)c3ccc(S(=O)(=O)O)cc3C2(C)C)C(C)(C)/C1=C/C(=C\C)C(=O)NO. The Morgan fingerprint density at radius 2 is 1.66 bits per heavy atom. The Bertz CT molecular complexity index is 2000. The number of unbranched alkanes of at least 4 members (excludes halogenated alkanes) is 2. The maximum atomic E-state index is 12.2. The molecule has 3 heterocycles. The average molecular weight is 747 g/mol. The highest BCUT2D eigenvalue weighted by Gasteiger charge is 2.40. The van der Waals surface area contributed by atoms with Gasteiger partial charge in [0.15, 0.2) is 0 Å². The zero-order chi connectivity index (χ0) is 39.1. The van der Waals surface area contributed by atoms with E-state index < -0.39 is 44.6 Å². The van der Waals surface area contributed by atoms with Gasteiger partial charge in [0.2, 0.25) is 0 Å². The van der Waals surface area contributed by atoms with Crippen LogP contribution < -0.4 is 10.4 Å². The third-order valence-electron chi connectivity index (χ3n) is 9.43. The van der Waals surface area contributed by atoms with Crippen molar-refractivity contribution in [1.29, 1.82) is 0 Å². The van der Waals surface area contributed by atoms with Crippen LogP contribution in [0.25, 0.3) is 0 Å². The number of rotatable bonds is 14. The number of nitrogens with zero attached hydrogens (tertiary/aromatic N) is 3.